The van der Waals surface area contributed by atoms with Crippen LogP contribution in [0.15, 0.2) is 0 Å². The summed E-state index contributed by atoms with van der Waals surface area (Å²) in [5.74, 6) is -2.31. The average molecular weight is 268 g/mol. The molecule has 0 aromatic rings. The summed E-state index contributed by atoms with van der Waals surface area (Å²) in [4.78, 5) is 24.1. The molecular weight excluding hydrogens is 248 g/mol. The molecule has 0 bridgehead atoms. The number of amides is 1. The zero-order chi connectivity index (χ0) is 15.0. The molecule has 0 aromatic heterocycles. The van der Waals surface area contributed by atoms with E-state index in [-0.39, 0.29) is 13.0 Å². The van der Waals surface area contributed by atoms with E-state index in [4.69, 9.17) is 0 Å². The van der Waals surface area contributed by atoms with Crippen molar-refractivity contribution in [2.45, 2.75) is 39.7 Å². The van der Waals surface area contributed by atoms with Crippen molar-refractivity contribution in [3.8, 4) is 6.07 Å². The third-order valence-corrected chi connectivity index (χ3v) is 4.02. The fraction of sp³-hybridized carbons (Fsp3) is 0.769. The molecule has 1 fully saturated rings. The highest BCUT2D eigenvalue weighted by Gasteiger charge is 2.63. The molecule has 2 N–H and O–H groups in total. The van der Waals surface area contributed by atoms with Gasteiger partial charge in [-0.1, -0.05) is 27.7 Å². The fourth-order valence-corrected chi connectivity index (χ4v) is 3.46. The van der Waals surface area contributed by atoms with Crippen molar-refractivity contribution < 1.29 is 19.8 Å². The lowest BCUT2D eigenvalue weighted by molar-refractivity contribution is -0.154. The number of carbonyl (C=O) groups is 2. The van der Waals surface area contributed by atoms with Crippen LogP contribution in [0.4, 0.5) is 4.79 Å². The van der Waals surface area contributed by atoms with Crippen LogP contribution >= 0.6 is 0 Å². The van der Waals surface area contributed by atoms with Gasteiger partial charge in [0.2, 0.25) is 0 Å². The van der Waals surface area contributed by atoms with Crippen LogP contribution in [0, 0.1) is 28.6 Å². The monoisotopic (exact) mass is 268 g/mol. The third kappa shape index (κ3) is 2.14. The van der Waals surface area contributed by atoms with E-state index in [1.165, 1.54) is 0 Å². The Morgan fingerprint density at radius 1 is 1.42 bits per heavy atom. The minimum atomic E-state index is -1.52. The molecule has 1 unspecified atom stereocenters. The minimum Gasteiger partial charge on any atom is -0.479 e. The molecule has 19 heavy (non-hydrogen) atoms. The van der Waals surface area contributed by atoms with Crippen molar-refractivity contribution in [3.05, 3.63) is 0 Å². The molecule has 1 amide bonds. The Kier molecular flexibility index (Phi) is 3.80. The van der Waals surface area contributed by atoms with Gasteiger partial charge in [0.1, 0.15) is 5.54 Å². The summed E-state index contributed by atoms with van der Waals surface area (Å²) in [6.07, 6.45) is -1.13. The lowest BCUT2D eigenvalue weighted by atomic mass is 9.64. The highest BCUT2D eigenvalue weighted by Crippen LogP contribution is 2.50. The maximum Gasteiger partial charge on any atom is 0.408 e. The fourth-order valence-electron chi connectivity index (χ4n) is 3.46. The van der Waals surface area contributed by atoms with E-state index in [9.17, 15) is 25.1 Å². The second-order valence-corrected chi connectivity index (χ2v) is 6.06. The van der Waals surface area contributed by atoms with E-state index in [0.717, 1.165) is 4.90 Å². The van der Waals surface area contributed by atoms with Gasteiger partial charge in [-0.05, 0) is 11.8 Å². The van der Waals surface area contributed by atoms with Gasteiger partial charge in [0.05, 0.1) is 12.0 Å². The van der Waals surface area contributed by atoms with Crippen molar-refractivity contribution in [1.29, 1.82) is 5.26 Å². The molecule has 6 nitrogen and oxygen atoms in total. The summed E-state index contributed by atoms with van der Waals surface area (Å²) >= 11 is 0. The molecule has 6 heteroatoms. The molecular formula is C13H20N2O4. The summed E-state index contributed by atoms with van der Waals surface area (Å²) in [5, 5.41) is 28.1. The van der Waals surface area contributed by atoms with Gasteiger partial charge in [0.25, 0.3) is 0 Å². The van der Waals surface area contributed by atoms with Crippen LogP contribution < -0.4 is 0 Å². The normalized spacial score (nSPS) is 31.0. The Bertz CT molecular complexity index is 435. The lowest BCUT2D eigenvalue weighted by Crippen LogP contribution is -2.58. The van der Waals surface area contributed by atoms with E-state index < -0.39 is 34.9 Å². The first kappa shape index (κ1) is 15.3. The molecule has 1 aliphatic rings. The van der Waals surface area contributed by atoms with Gasteiger partial charge in [-0.2, -0.15) is 5.26 Å². The van der Waals surface area contributed by atoms with E-state index >= 15 is 0 Å². The Morgan fingerprint density at radius 3 is 2.21 bits per heavy atom. The molecule has 0 spiro atoms. The largest absolute Gasteiger partial charge is 0.479 e. The predicted molar refractivity (Wildman–Crippen MR) is 67.4 cm³/mol. The van der Waals surface area contributed by atoms with E-state index in [0.29, 0.717) is 0 Å². The van der Waals surface area contributed by atoms with Crippen LogP contribution in [-0.2, 0) is 4.79 Å². The van der Waals surface area contributed by atoms with Crippen molar-refractivity contribution in [2.75, 3.05) is 6.54 Å². The number of likely N-dealkylation sites (tertiary alicyclic amines) is 1. The standard InChI is InChI=1S/C13H20N2O4/c1-5-13(10(16)17)9(12(2,3)4)8(6-14)7-15(13)11(18)19/h8-9H,5,7H2,1-4H3,(H,16,17)(H,18,19)/t8-,9?,13-/m0/s1. The minimum absolute atomic E-state index is 0.0477. The molecule has 0 saturated carbocycles. The summed E-state index contributed by atoms with van der Waals surface area (Å²) in [6, 6.07) is 2.08. The van der Waals surface area contributed by atoms with Gasteiger partial charge in [0, 0.05) is 12.5 Å². The second-order valence-electron chi connectivity index (χ2n) is 6.06. The number of rotatable bonds is 2. The van der Waals surface area contributed by atoms with Gasteiger partial charge < -0.3 is 10.2 Å². The third-order valence-electron chi connectivity index (χ3n) is 4.02. The lowest BCUT2D eigenvalue weighted by Gasteiger charge is -2.42. The number of carboxylic acids is 1. The topological polar surface area (TPSA) is 102 Å². The van der Waals surface area contributed by atoms with E-state index in [1.807, 2.05) is 20.8 Å². The smallest absolute Gasteiger partial charge is 0.408 e. The van der Waals surface area contributed by atoms with Gasteiger partial charge in [-0.25, -0.2) is 9.59 Å². The van der Waals surface area contributed by atoms with Crippen LogP contribution in [-0.4, -0.2) is 39.3 Å². The molecule has 106 valence electrons. The van der Waals surface area contributed by atoms with Gasteiger partial charge in [-0.3, -0.25) is 4.90 Å². The van der Waals surface area contributed by atoms with Gasteiger partial charge in [-0.15, -0.1) is 0 Å². The summed E-state index contributed by atoms with van der Waals surface area (Å²) < 4.78 is 0. The first-order valence-electron chi connectivity index (χ1n) is 6.26. The van der Waals surface area contributed by atoms with Crippen molar-refractivity contribution in [3.63, 3.8) is 0 Å². The Balaban J connectivity index is 3.50. The number of carboxylic acid groups (broad SMARTS) is 2. The molecule has 0 aromatic carbocycles. The second kappa shape index (κ2) is 4.72. The van der Waals surface area contributed by atoms with E-state index in [1.54, 1.807) is 6.92 Å². The average Bonchev–Trinajstić information content (AvgIpc) is 2.63. The molecule has 1 rings (SSSR count). The summed E-state index contributed by atoms with van der Waals surface area (Å²) in [5.41, 5.74) is -2.00. The molecule has 0 aliphatic carbocycles. The molecule has 1 aliphatic heterocycles. The Morgan fingerprint density at radius 2 is 1.95 bits per heavy atom. The van der Waals surface area contributed by atoms with Crippen LogP contribution in [0.3, 0.4) is 0 Å². The first-order chi connectivity index (χ1) is 8.62. The van der Waals surface area contributed by atoms with Crippen molar-refractivity contribution in [2.24, 2.45) is 17.3 Å². The number of nitrogens with zero attached hydrogens (tertiary/aromatic N) is 2. The predicted octanol–water partition coefficient (Wildman–Crippen LogP) is 2.02. The highest BCUT2D eigenvalue weighted by atomic mass is 16.4. The van der Waals surface area contributed by atoms with Crippen LogP contribution in [0.2, 0.25) is 0 Å². The van der Waals surface area contributed by atoms with Gasteiger partial charge >= 0.3 is 12.1 Å². The Labute approximate surface area is 112 Å². The SMILES string of the molecule is CC[C@@]1(C(=O)O)C(C(C)(C)C)[C@@H](C#N)CN1C(=O)O. The summed E-state index contributed by atoms with van der Waals surface area (Å²) in [7, 11) is 0. The number of hydrogen-bond acceptors (Lipinski definition) is 3. The number of nitriles is 1. The first-order valence-corrected chi connectivity index (χ1v) is 6.26. The van der Waals surface area contributed by atoms with Crippen molar-refractivity contribution >= 4 is 12.1 Å². The zero-order valence-corrected chi connectivity index (χ0v) is 11.7. The van der Waals surface area contributed by atoms with E-state index in [2.05, 4.69) is 6.07 Å². The van der Waals surface area contributed by atoms with Crippen LogP contribution in [0.5, 0.6) is 0 Å². The van der Waals surface area contributed by atoms with Crippen LogP contribution in [0.25, 0.3) is 0 Å². The number of aliphatic carboxylic acids is 1. The molecule has 1 heterocycles. The zero-order valence-electron chi connectivity index (χ0n) is 11.7. The number of hydrogen-bond donors (Lipinski definition) is 2. The quantitative estimate of drug-likeness (QED) is 0.797. The maximum atomic E-state index is 11.8. The maximum absolute atomic E-state index is 11.8. The highest BCUT2D eigenvalue weighted by molar-refractivity contribution is 5.85. The van der Waals surface area contributed by atoms with Crippen LogP contribution in [0.1, 0.15) is 34.1 Å². The van der Waals surface area contributed by atoms with Crippen molar-refractivity contribution in [1.82, 2.24) is 4.90 Å². The molecule has 3 atom stereocenters. The van der Waals surface area contributed by atoms with Gasteiger partial charge in [0.15, 0.2) is 0 Å². The molecule has 0 radical (unpaired) electrons. The summed E-state index contributed by atoms with van der Waals surface area (Å²) in [6.45, 7) is 7.15. The Hall–Kier alpha value is -1.77. The molecule has 1 saturated heterocycles.